The maximum absolute atomic E-state index is 14.7. The lowest BCUT2D eigenvalue weighted by Gasteiger charge is -2.26. The highest BCUT2D eigenvalue weighted by atomic mass is 19.1. The van der Waals surface area contributed by atoms with E-state index in [1.165, 1.54) is 49.8 Å². The minimum Gasteiger partial charge on any atom is -0.466 e. The number of aliphatic imine (C=N–C) groups is 1. The maximum atomic E-state index is 14.7. The third-order valence-corrected chi connectivity index (χ3v) is 4.77. The van der Waals surface area contributed by atoms with Crippen molar-refractivity contribution in [2.45, 2.75) is 12.5 Å². The van der Waals surface area contributed by atoms with Crippen molar-refractivity contribution in [1.82, 2.24) is 15.6 Å². The summed E-state index contributed by atoms with van der Waals surface area (Å²) >= 11 is 0. The molecular formula is C23H24F3N5O3. The third-order valence-electron chi connectivity index (χ3n) is 4.77. The van der Waals surface area contributed by atoms with Crippen LogP contribution in [-0.4, -0.2) is 43.7 Å². The molecule has 1 aliphatic rings. The van der Waals surface area contributed by atoms with E-state index in [4.69, 9.17) is 5.73 Å². The lowest BCUT2D eigenvalue weighted by atomic mass is 9.81. The molecule has 0 fully saturated rings. The van der Waals surface area contributed by atoms with Gasteiger partial charge in [0.2, 0.25) is 5.95 Å². The lowest BCUT2D eigenvalue weighted by molar-refractivity contribution is -0.134. The van der Waals surface area contributed by atoms with Crippen LogP contribution in [-0.2, 0) is 19.9 Å². The van der Waals surface area contributed by atoms with Crippen molar-refractivity contribution >= 4 is 17.8 Å². The Morgan fingerprint density at radius 2 is 1.97 bits per heavy atom. The zero-order chi connectivity index (χ0) is 25.3. The Morgan fingerprint density at radius 3 is 2.56 bits per heavy atom. The number of halogens is 3. The molecule has 3 rings (SSSR count). The van der Waals surface area contributed by atoms with Crippen LogP contribution in [0.3, 0.4) is 0 Å². The van der Waals surface area contributed by atoms with Crippen molar-refractivity contribution < 1.29 is 27.5 Å². The number of aromatic nitrogens is 1. The summed E-state index contributed by atoms with van der Waals surface area (Å²) in [6, 6.07) is 6.60. The molecule has 1 amide bonds. The molecule has 0 unspecified atom stereocenters. The number of nitrogens with two attached hydrogens (primary N) is 1. The fourth-order valence-corrected chi connectivity index (χ4v) is 3.28. The van der Waals surface area contributed by atoms with Crippen molar-refractivity contribution in [3.8, 4) is 11.1 Å². The van der Waals surface area contributed by atoms with E-state index in [0.717, 1.165) is 12.1 Å². The fraction of sp³-hybridized carbons (Fsp3) is 0.217. The largest absolute Gasteiger partial charge is 0.466 e. The van der Waals surface area contributed by atoms with Gasteiger partial charge in [0.15, 0.2) is 11.5 Å². The van der Waals surface area contributed by atoms with Crippen LogP contribution in [0.4, 0.5) is 13.2 Å². The van der Waals surface area contributed by atoms with Gasteiger partial charge in [0.25, 0.3) is 5.91 Å². The molecule has 0 bridgehead atoms. The predicted molar refractivity (Wildman–Crippen MR) is 121 cm³/mol. The Balaban J connectivity index is 0.00000199. The minimum absolute atomic E-state index is 0.0836. The number of esters is 1. The van der Waals surface area contributed by atoms with E-state index in [1.807, 2.05) is 6.92 Å². The number of guanidine groups is 1. The first-order chi connectivity index (χ1) is 16.3. The van der Waals surface area contributed by atoms with Crippen LogP contribution in [0.5, 0.6) is 0 Å². The van der Waals surface area contributed by atoms with Crippen LogP contribution in [0.25, 0.3) is 11.1 Å². The number of hydrogen-bond acceptors (Lipinski definition) is 7. The van der Waals surface area contributed by atoms with Gasteiger partial charge in [-0.1, -0.05) is 6.07 Å². The number of carbonyl (C=O) groups excluding carboxylic acids is 2. The SMILES string of the molecule is CCN/C=C(\C=C\C(=O)OC)[C@@]1(c2ccc(F)c(-c3cccnc3F)c2)N=C(N)NC1=O.CF. The first kappa shape index (κ1) is 26.1. The third kappa shape index (κ3) is 5.25. The molecule has 1 aromatic carbocycles. The highest BCUT2D eigenvalue weighted by molar-refractivity contribution is 6.09. The molecule has 1 atom stereocenters. The second kappa shape index (κ2) is 11.6. The average Bonchev–Trinajstić information content (AvgIpc) is 3.15. The predicted octanol–water partition coefficient (Wildman–Crippen LogP) is 2.47. The Morgan fingerprint density at radius 1 is 1.24 bits per heavy atom. The monoisotopic (exact) mass is 475 g/mol. The Labute approximate surface area is 194 Å². The summed E-state index contributed by atoms with van der Waals surface area (Å²) in [4.78, 5) is 32.7. The second-order valence-corrected chi connectivity index (χ2v) is 6.71. The molecule has 4 N–H and O–H groups in total. The van der Waals surface area contributed by atoms with Gasteiger partial charge in [-0.2, -0.15) is 4.39 Å². The number of nitrogens with zero attached hydrogens (tertiary/aromatic N) is 2. The molecule has 1 aliphatic heterocycles. The number of benzene rings is 1. The summed E-state index contributed by atoms with van der Waals surface area (Å²) in [6.07, 6.45) is 5.21. The van der Waals surface area contributed by atoms with Crippen LogP contribution in [0.2, 0.25) is 0 Å². The zero-order valence-corrected chi connectivity index (χ0v) is 18.7. The van der Waals surface area contributed by atoms with Gasteiger partial charge in [0.05, 0.1) is 14.3 Å². The molecule has 1 aromatic heterocycles. The van der Waals surface area contributed by atoms with Crippen LogP contribution >= 0.6 is 0 Å². The summed E-state index contributed by atoms with van der Waals surface area (Å²) in [5, 5.41) is 5.40. The van der Waals surface area contributed by atoms with E-state index in [1.54, 1.807) is 0 Å². The smallest absolute Gasteiger partial charge is 0.330 e. The summed E-state index contributed by atoms with van der Waals surface area (Å²) in [5.41, 5.74) is 4.27. The normalized spacial score (nSPS) is 17.5. The first-order valence-electron chi connectivity index (χ1n) is 9.99. The quantitative estimate of drug-likeness (QED) is 0.245. The van der Waals surface area contributed by atoms with E-state index in [0.29, 0.717) is 13.7 Å². The molecule has 8 nitrogen and oxygen atoms in total. The number of amides is 1. The van der Waals surface area contributed by atoms with Gasteiger partial charge in [-0.3, -0.25) is 14.5 Å². The number of pyridine rings is 1. The molecular weight excluding hydrogens is 451 g/mol. The van der Waals surface area contributed by atoms with Gasteiger partial charge in [-0.25, -0.2) is 19.2 Å². The maximum Gasteiger partial charge on any atom is 0.330 e. The molecule has 2 heterocycles. The summed E-state index contributed by atoms with van der Waals surface area (Å²) in [5.74, 6) is -3.03. The van der Waals surface area contributed by atoms with Gasteiger partial charge in [0, 0.05) is 41.7 Å². The van der Waals surface area contributed by atoms with Crippen LogP contribution in [0.15, 0.2) is 65.4 Å². The van der Waals surface area contributed by atoms with E-state index in [2.05, 4.69) is 25.3 Å². The molecule has 34 heavy (non-hydrogen) atoms. The number of carbonyl (C=O) groups is 2. The van der Waals surface area contributed by atoms with Crippen molar-refractivity contribution in [1.29, 1.82) is 0 Å². The Kier molecular flexibility index (Phi) is 8.94. The molecule has 0 saturated heterocycles. The lowest BCUT2D eigenvalue weighted by Crippen LogP contribution is -2.40. The summed E-state index contributed by atoms with van der Waals surface area (Å²) in [6.45, 7) is 2.33. The highest BCUT2D eigenvalue weighted by Crippen LogP contribution is 2.40. The Bertz CT molecular complexity index is 1150. The number of alkyl halides is 1. The second-order valence-electron chi connectivity index (χ2n) is 6.71. The van der Waals surface area contributed by atoms with Crippen molar-refractivity contribution in [2.24, 2.45) is 10.7 Å². The molecule has 2 aromatic rings. The van der Waals surface area contributed by atoms with Crippen molar-refractivity contribution in [3.05, 3.63) is 77.8 Å². The van der Waals surface area contributed by atoms with Gasteiger partial charge in [0.1, 0.15) is 5.82 Å². The molecule has 0 spiro atoms. The van der Waals surface area contributed by atoms with Gasteiger partial charge in [-0.15, -0.1) is 0 Å². The van der Waals surface area contributed by atoms with E-state index in [9.17, 15) is 22.8 Å². The van der Waals surface area contributed by atoms with Crippen LogP contribution < -0.4 is 16.4 Å². The molecule has 11 heteroatoms. The van der Waals surface area contributed by atoms with Crippen LogP contribution in [0, 0.1) is 11.8 Å². The Hall–Kier alpha value is -4.15. The molecule has 0 radical (unpaired) electrons. The number of rotatable bonds is 7. The standard InChI is InChI=1S/C22H21F2N5O3.CH3F/c1-3-26-12-14(7-9-18(30)32-2)22(20(31)28-21(25)29-22)13-6-8-17(23)16(11-13)15-5-4-10-27-19(15)24;1-2/h4-12,26H,3H2,1-2H3,(H3,25,28,29,31);1H3/b9-7+,14-12+;/t22-;/m1./s1. The summed E-state index contributed by atoms with van der Waals surface area (Å²) in [7, 11) is 1.71. The summed E-state index contributed by atoms with van der Waals surface area (Å²) < 4.78 is 43.1. The number of ether oxygens (including phenoxy) is 1. The first-order valence-corrected chi connectivity index (χ1v) is 9.99. The van der Waals surface area contributed by atoms with Crippen molar-refractivity contribution in [2.75, 3.05) is 20.8 Å². The average molecular weight is 475 g/mol. The van der Waals surface area contributed by atoms with Gasteiger partial charge < -0.3 is 15.8 Å². The molecule has 0 saturated carbocycles. The topological polar surface area (TPSA) is 119 Å². The van der Waals surface area contributed by atoms with Crippen LogP contribution in [0.1, 0.15) is 12.5 Å². The van der Waals surface area contributed by atoms with E-state index < -0.39 is 29.2 Å². The van der Waals surface area contributed by atoms with Crippen molar-refractivity contribution in [3.63, 3.8) is 0 Å². The van der Waals surface area contributed by atoms with Gasteiger partial charge >= 0.3 is 5.97 Å². The highest BCUT2D eigenvalue weighted by Gasteiger charge is 2.48. The molecule has 180 valence electrons. The number of hydrogen-bond donors (Lipinski definition) is 3. The van der Waals surface area contributed by atoms with E-state index in [-0.39, 0.29) is 28.2 Å². The van der Waals surface area contributed by atoms with Gasteiger partial charge in [-0.05, 0) is 42.8 Å². The minimum atomic E-state index is -1.77. The number of methoxy groups -OCH3 is 1. The molecule has 0 aliphatic carbocycles. The van der Waals surface area contributed by atoms with E-state index >= 15 is 0 Å². The number of nitrogens with one attached hydrogen (secondary N) is 2. The fourth-order valence-electron chi connectivity index (χ4n) is 3.28. The zero-order valence-electron chi connectivity index (χ0n) is 18.7.